The van der Waals surface area contributed by atoms with E-state index in [0.29, 0.717) is 24.0 Å². The molecule has 1 aromatic heterocycles. The lowest BCUT2D eigenvalue weighted by molar-refractivity contribution is -0.384. The van der Waals surface area contributed by atoms with E-state index in [1.807, 2.05) is 0 Å². The normalized spacial score (nSPS) is 15.0. The van der Waals surface area contributed by atoms with Crippen molar-refractivity contribution in [3.63, 3.8) is 0 Å². The zero-order valence-electron chi connectivity index (χ0n) is 15.5. The van der Waals surface area contributed by atoms with Gasteiger partial charge >= 0.3 is 0 Å². The molecule has 3 rings (SSSR count). The maximum atomic E-state index is 12.3. The van der Waals surface area contributed by atoms with E-state index in [4.69, 9.17) is 0 Å². The molecule has 1 saturated carbocycles. The Morgan fingerprint density at radius 3 is 2.85 bits per heavy atom. The summed E-state index contributed by atoms with van der Waals surface area (Å²) in [6, 6.07) is 8.37. The Balaban J connectivity index is 1.54. The summed E-state index contributed by atoms with van der Waals surface area (Å²) < 4.78 is 1.47. The molecule has 0 bridgehead atoms. The number of nitrogens with one attached hydrogen (secondary N) is 1. The lowest BCUT2D eigenvalue weighted by Crippen LogP contribution is -2.39. The number of non-ortho nitro benzene ring substituents is 1. The fourth-order valence-electron chi connectivity index (χ4n) is 3.48. The van der Waals surface area contributed by atoms with Gasteiger partial charge in [-0.1, -0.05) is 25.3 Å². The molecule has 1 aliphatic rings. The van der Waals surface area contributed by atoms with Crippen LogP contribution in [0.1, 0.15) is 42.6 Å². The molecule has 1 aromatic carbocycles. The Labute approximate surface area is 158 Å². The van der Waals surface area contributed by atoms with Gasteiger partial charge in [0, 0.05) is 37.5 Å². The lowest BCUT2D eigenvalue weighted by atomic mass is 9.94. The average Bonchev–Trinajstić information content (AvgIpc) is 3.19. The van der Waals surface area contributed by atoms with Crippen molar-refractivity contribution >= 4 is 11.6 Å². The summed E-state index contributed by atoms with van der Waals surface area (Å²) in [5.74, 6) is -0.240. The van der Waals surface area contributed by atoms with E-state index >= 15 is 0 Å². The van der Waals surface area contributed by atoms with Gasteiger partial charge in [0.2, 0.25) is 0 Å². The van der Waals surface area contributed by atoms with Gasteiger partial charge in [0.25, 0.3) is 11.6 Å². The average molecular weight is 371 g/mol. The van der Waals surface area contributed by atoms with Crippen LogP contribution in [0.25, 0.3) is 5.69 Å². The highest BCUT2D eigenvalue weighted by atomic mass is 16.6. The van der Waals surface area contributed by atoms with Crippen LogP contribution in [0.5, 0.6) is 0 Å². The second kappa shape index (κ2) is 8.77. The Hall–Kier alpha value is -2.74. The van der Waals surface area contributed by atoms with E-state index in [2.05, 4.69) is 22.4 Å². The highest BCUT2D eigenvalue weighted by molar-refractivity contribution is 5.92. The molecule has 0 aliphatic heterocycles. The van der Waals surface area contributed by atoms with E-state index in [9.17, 15) is 14.9 Å². The number of nitro groups is 1. The van der Waals surface area contributed by atoms with Crippen LogP contribution in [0, 0.1) is 10.1 Å². The second-order valence-electron chi connectivity index (χ2n) is 6.95. The molecular weight excluding hydrogens is 346 g/mol. The number of nitrogens with zero attached hydrogens (tertiary/aromatic N) is 4. The standard InChI is InChI=1S/C19H25N5O3/c1-22(15-6-3-2-4-7-15)13-11-20-19(25)18-10-12-23(21-18)16-8-5-9-17(14-16)24(26)27/h5,8-10,12,14-15H,2-4,6-7,11,13H2,1H3,(H,20,25). The fourth-order valence-corrected chi connectivity index (χ4v) is 3.48. The number of benzene rings is 1. The highest BCUT2D eigenvalue weighted by Crippen LogP contribution is 2.21. The molecule has 8 heteroatoms. The number of amides is 1. The van der Waals surface area contributed by atoms with E-state index in [1.165, 1.54) is 48.9 Å². The van der Waals surface area contributed by atoms with Crippen molar-refractivity contribution in [2.75, 3.05) is 20.1 Å². The Morgan fingerprint density at radius 2 is 2.11 bits per heavy atom. The maximum absolute atomic E-state index is 12.3. The molecule has 0 spiro atoms. The van der Waals surface area contributed by atoms with Gasteiger partial charge in [-0.2, -0.15) is 5.10 Å². The SMILES string of the molecule is CN(CCNC(=O)c1ccn(-c2cccc([N+](=O)[O-])c2)n1)C1CCCCC1. The number of nitro benzene ring substituents is 1. The minimum atomic E-state index is -0.455. The number of aromatic nitrogens is 2. The zero-order chi connectivity index (χ0) is 19.2. The quantitative estimate of drug-likeness (QED) is 0.597. The van der Waals surface area contributed by atoms with E-state index in [-0.39, 0.29) is 11.6 Å². The van der Waals surface area contributed by atoms with E-state index in [1.54, 1.807) is 24.4 Å². The smallest absolute Gasteiger partial charge is 0.271 e. The van der Waals surface area contributed by atoms with E-state index in [0.717, 1.165) is 6.54 Å². The van der Waals surface area contributed by atoms with Crippen LogP contribution in [0.3, 0.4) is 0 Å². The summed E-state index contributed by atoms with van der Waals surface area (Å²) in [5.41, 5.74) is 0.821. The Bertz CT molecular complexity index is 798. The number of hydrogen-bond acceptors (Lipinski definition) is 5. The summed E-state index contributed by atoms with van der Waals surface area (Å²) in [4.78, 5) is 25.1. The summed E-state index contributed by atoms with van der Waals surface area (Å²) in [6.45, 7) is 1.37. The molecule has 1 amide bonds. The molecule has 1 fully saturated rings. The van der Waals surface area contributed by atoms with Crippen LogP contribution in [0.2, 0.25) is 0 Å². The fraction of sp³-hybridized carbons (Fsp3) is 0.474. The zero-order valence-corrected chi connectivity index (χ0v) is 15.5. The topological polar surface area (TPSA) is 93.3 Å². The number of carbonyl (C=O) groups excluding carboxylic acids is 1. The van der Waals surface area contributed by atoms with Crippen molar-refractivity contribution in [3.8, 4) is 5.69 Å². The Kier molecular flexibility index (Phi) is 6.18. The van der Waals surface area contributed by atoms with Gasteiger partial charge in [-0.25, -0.2) is 4.68 Å². The first-order chi connectivity index (χ1) is 13.0. The molecule has 8 nitrogen and oxygen atoms in total. The number of carbonyl (C=O) groups is 1. The number of rotatable bonds is 7. The van der Waals surface area contributed by atoms with Crippen molar-refractivity contribution in [3.05, 3.63) is 52.3 Å². The van der Waals surface area contributed by atoms with Gasteiger partial charge in [-0.15, -0.1) is 0 Å². The van der Waals surface area contributed by atoms with Crippen LogP contribution < -0.4 is 5.32 Å². The summed E-state index contributed by atoms with van der Waals surface area (Å²) in [7, 11) is 2.11. The summed E-state index contributed by atoms with van der Waals surface area (Å²) >= 11 is 0. The third-order valence-corrected chi connectivity index (χ3v) is 5.07. The second-order valence-corrected chi connectivity index (χ2v) is 6.95. The first-order valence-corrected chi connectivity index (χ1v) is 9.33. The molecule has 27 heavy (non-hydrogen) atoms. The monoisotopic (exact) mass is 371 g/mol. The first kappa shape index (κ1) is 19.0. The third kappa shape index (κ3) is 4.91. The van der Waals surface area contributed by atoms with Gasteiger partial charge < -0.3 is 10.2 Å². The van der Waals surface area contributed by atoms with Crippen molar-refractivity contribution in [1.29, 1.82) is 0 Å². The van der Waals surface area contributed by atoms with Crippen molar-refractivity contribution in [2.24, 2.45) is 0 Å². The largest absolute Gasteiger partial charge is 0.349 e. The number of likely N-dealkylation sites (N-methyl/N-ethyl adjacent to an activating group) is 1. The van der Waals surface area contributed by atoms with Gasteiger partial charge in [-0.3, -0.25) is 14.9 Å². The number of hydrogen-bond donors (Lipinski definition) is 1. The maximum Gasteiger partial charge on any atom is 0.271 e. The third-order valence-electron chi connectivity index (χ3n) is 5.07. The molecule has 0 unspecified atom stereocenters. The van der Waals surface area contributed by atoms with Gasteiger partial charge in [0.15, 0.2) is 5.69 Å². The molecule has 0 atom stereocenters. The first-order valence-electron chi connectivity index (χ1n) is 9.33. The van der Waals surface area contributed by atoms with Gasteiger partial charge in [0.05, 0.1) is 10.6 Å². The molecule has 0 radical (unpaired) electrons. The predicted octanol–water partition coefficient (Wildman–Crippen LogP) is 2.77. The molecule has 2 aromatic rings. The molecule has 1 aliphatic carbocycles. The molecular formula is C19H25N5O3. The molecule has 1 N–H and O–H groups in total. The van der Waals surface area contributed by atoms with Crippen molar-refractivity contribution in [2.45, 2.75) is 38.1 Å². The van der Waals surface area contributed by atoms with Gasteiger partial charge in [-0.05, 0) is 32.0 Å². The molecule has 0 saturated heterocycles. The highest BCUT2D eigenvalue weighted by Gasteiger charge is 2.18. The van der Waals surface area contributed by atoms with Crippen molar-refractivity contribution < 1.29 is 9.72 Å². The van der Waals surface area contributed by atoms with Crippen LogP contribution in [-0.4, -0.2) is 51.7 Å². The van der Waals surface area contributed by atoms with Crippen LogP contribution >= 0.6 is 0 Å². The predicted molar refractivity (Wildman–Crippen MR) is 102 cm³/mol. The lowest BCUT2D eigenvalue weighted by Gasteiger charge is -2.31. The minimum Gasteiger partial charge on any atom is -0.349 e. The van der Waals surface area contributed by atoms with Gasteiger partial charge in [0.1, 0.15) is 0 Å². The van der Waals surface area contributed by atoms with Crippen LogP contribution in [-0.2, 0) is 0 Å². The van der Waals surface area contributed by atoms with Crippen molar-refractivity contribution in [1.82, 2.24) is 20.0 Å². The van der Waals surface area contributed by atoms with E-state index < -0.39 is 4.92 Å². The minimum absolute atomic E-state index is 0.0141. The summed E-state index contributed by atoms with van der Waals surface area (Å²) in [6.07, 6.45) is 8.00. The van der Waals surface area contributed by atoms with Crippen LogP contribution in [0.15, 0.2) is 36.5 Å². The Morgan fingerprint density at radius 1 is 1.33 bits per heavy atom. The van der Waals surface area contributed by atoms with Crippen LogP contribution in [0.4, 0.5) is 5.69 Å². The molecule has 1 heterocycles. The summed E-state index contributed by atoms with van der Waals surface area (Å²) in [5, 5.41) is 18.0. The molecule has 144 valence electrons.